The Morgan fingerprint density at radius 3 is 1.19 bits per heavy atom. The molecular formula is C58H54N2O4S3. The lowest BCUT2D eigenvalue weighted by atomic mass is 9.69. The Morgan fingerprint density at radius 1 is 0.448 bits per heavy atom. The fourth-order valence-corrected chi connectivity index (χ4v) is 16.0. The van der Waals surface area contributed by atoms with Crippen molar-refractivity contribution in [2.75, 3.05) is 36.0 Å². The highest BCUT2D eigenvalue weighted by Crippen LogP contribution is 2.54. The Hall–Kier alpha value is -5.48. The van der Waals surface area contributed by atoms with Crippen LogP contribution >= 0.6 is 34.0 Å². The summed E-state index contributed by atoms with van der Waals surface area (Å²) in [5.74, 6) is 0. The van der Waals surface area contributed by atoms with E-state index in [2.05, 4.69) is 150 Å². The first-order valence-corrected chi connectivity index (χ1v) is 26.4. The fraction of sp³-hybridized carbons (Fsp3) is 0.345. The SMILES string of the molecule is CC1(C)CCN2CCC(C)(C)c3c2c1cc1cc(-c2ccc(-c4cc5sc6cc(-c7ccc(-c8cc9cc%10c%11c(c9oc8=O)C(C)(C)CCN%11CCC%10(C)C)cc7)sc6c5s4)cc2)c(=O)oc31. The molecule has 4 aromatic carbocycles. The lowest BCUT2D eigenvalue weighted by Gasteiger charge is -2.48. The second-order valence-corrected chi connectivity index (χ2v) is 25.6. The molecule has 0 N–H and O–H groups in total. The molecule has 0 fully saturated rings. The number of anilines is 2. The maximum Gasteiger partial charge on any atom is 0.344 e. The van der Waals surface area contributed by atoms with Gasteiger partial charge in [0.1, 0.15) is 11.2 Å². The topological polar surface area (TPSA) is 66.9 Å². The zero-order chi connectivity index (χ0) is 46.1. The van der Waals surface area contributed by atoms with Gasteiger partial charge in [-0.3, -0.25) is 0 Å². The summed E-state index contributed by atoms with van der Waals surface area (Å²) in [7, 11) is 0. The van der Waals surface area contributed by atoms with Crippen LogP contribution in [0.2, 0.25) is 0 Å². The molecule has 67 heavy (non-hydrogen) atoms. The first kappa shape index (κ1) is 41.7. The van der Waals surface area contributed by atoms with Gasteiger partial charge in [-0.1, -0.05) is 104 Å². The number of nitrogens with zero attached hydrogens (tertiary/aromatic N) is 2. The van der Waals surface area contributed by atoms with E-state index in [0.29, 0.717) is 11.1 Å². The van der Waals surface area contributed by atoms with Crippen LogP contribution in [-0.4, -0.2) is 26.2 Å². The fourth-order valence-electron chi connectivity index (χ4n) is 12.0. The average Bonchev–Trinajstić information content (AvgIpc) is 3.98. The normalized spacial score (nSPS) is 18.8. The number of hydrogen-bond donors (Lipinski definition) is 0. The molecule has 4 aliphatic heterocycles. The second kappa shape index (κ2) is 14.1. The number of rotatable bonds is 4. The van der Waals surface area contributed by atoms with Crippen LogP contribution in [0.25, 0.3) is 83.9 Å². The van der Waals surface area contributed by atoms with Gasteiger partial charge in [-0.05, 0) is 117 Å². The van der Waals surface area contributed by atoms with Gasteiger partial charge in [0.2, 0.25) is 0 Å². The van der Waals surface area contributed by atoms with Crippen molar-refractivity contribution < 1.29 is 8.83 Å². The van der Waals surface area contributed by atoms with Crippen molar-refractivity contribution in [1.29, 1.82) is 0 Å². The van der Waals surface area contributed by atoms with Gasteiger partial charge in [-0.15, -0.1) is 34.0 Å². The maximum atomic E-state index is 13.8. The molecule has 338 valence electrons. The van der Waals surface area contributed by atoms with E-state index in [-0.39, 0.29) is 32.9 Å². The van der Waals surface area contributed by atoms with E-state index in [1.54, 1.807) is 0 Å². The molecule has 0 atom stereocenters. The van der Waals surface area contributed by atoms with E-state index in [4.69, 9.17) is 8.83 Å². The number of thiophene rings is 3. The Bertz CT molecular complexity index is 3460. The van der Waals surface area contributed by atoms with Gasteiger partial charge in [0.15, 0.2) is 0 Å². The zero-order valence-electron chi connectivity index (χ0n) is 39.5. The molecule has 0 saturated heterocycles. The molecule has 9 aromatic rings. The Balaban J connectivity index is 0.796. The van der Waals surface area contributed by atoms with Crippen LogP contribution in [0, 0.1) is 0 Å². The van der Waals surface area contributed by atoms with Crippen molar-refractivity contribution in [3.05, 3.63) is 128 Å². The highest BCUT2D eigenvalue weighted by Gasteiger charge is 2.44. The summed E-state index contributed by atoms with van der Waals surface area (Å²) < 4.78 is 17.9. The standard InChI is InChI=1S/C58H54N2O4S3/c1-55(2)17-21-59-23-19-57(5,6)45-47(59)39(55)27-35-25-37(53(61)63-49(35)45)31-9-13-33(14-10-31)41-29-43-51(66-41)52-44(65-43)30-42(67-52)34-15-11-32(12-16-34)38-26-36-28-40-48-46(50(36)64-54(38)62)58(7,8)20-24-60(48)22-18-56(40,3)4/h9-16,25-30H,17-24H2,1-8H3. The van der Waals surface area contributed by atoms with Gasteiger partial charge in [0.25, 0.3) is 0 Å². The van der Waals surface area contributed by atoms with Gasteiger partial charge in [-0.25, -0.2) is 9.59 Å². The van der Waals surface area contributed by atoms with E-state index >= 15 is 0 Å². The molecule has 0 saturated carbocycles. The molecule has 0 radical (unpaired) electrons. The lowest BCUT2D eigenvalue weighted by Crippen LogP contribution is -2.44. The molecule has 4 aliphatic rings. The first-order valence-electron chi connectivity index (χ1n) is 23.9. The monoisotopic (exact) mass is 938 g/mol. The van der Waals surface area contributed by atoms with E-state index in [1.165, 1.54) is 62.2 Å². The van der Waals surface area contributed by atoms with Crippen molar-refractivity contribution in [1.82, 2.24) is 0 Å². The van der Waals surface area contributed by atoms with E-state index in [9.17, 15) is 9.59 Å². The minimum absolute atomic E-state index is 0.0469. The van der Waals surface area contributed by atoms with Crippen LogP contribution in [-0.2, 0) is 21.7 Å². The average molecular weight is 939 g/mol. The van der Waals surface area contributed by atoms with Gasteiger partial charge >= 0.3 is 11.3 Å². The van der Waals surface area contributed by atoms with Crippen LogP contribution < -0.4 is 21.1 Å². The molecule has 0 bridgehead atoms. The van der Waals surface area contributed by atoms with Crippen LogP contribution in [0.5, 0.6) is 0 Å². The largest absolute Gasteiger partial charge is 0.422 e. The minimum Gasteiger partial charge on any atom is -0.422 e. The van der Waals surface area contributed by atoms with Crippen LogP contribution in [0.3, 0.4) is 0 Å². The summed E-state index contributed by atoms with van der Waals surface area (Å²) >= 11 is 5.50. The first-order chi connectivity index (χ1) is 31.9. The van der Waals surface area contributed by atoms with Crippen molar-refractivity contribution in [2.45, 2.75) is 103 Å². The predicted molar refractivity (Wildman–Crippen MR) is 284 cm³/mol. The lowest BCUT2D eigenvalue weighted by molar-refractivity contribution is 0.398. The van der Waals surface area contributed by atoms with Crippen LogP contribution in [0.1, 0.15) is 103 Å². The third kappa shape index (κ3) is 6.22. The molecule has 9 heterocycles. The number of benzene rings is 4. The molecule has 13 rings (SSSR count). The van der Waals surface area contributed by atoms with Crippen molar-refractivity contribution in [3.8, 4) is 43.1 Å². The van der Waals surface area contributed by atoms with E-state index in [0.717, 1.165) is 96.1 Å². The molecule has 0 aliphatic carbocycles. The summed E-state index contributed by atoms with van der Waals surface area (Å²) in [5, 5.41) is 2.02. The zero-order valence-corrected chi connectivity index (χ0v) is 41.9. The molecule has 0 spiro atoms. The molecule has 0 unspecified atom stereocenters. The van der Waals surface area contributed by atoms with Crippen LogP contribution in [0.15, 0.2) is 103 Å². The van der Waals surface area contributed by atoms with E-state index < -0.39 is 0 Å². The van der Waals surface area contributed by atoms with Crippen molar-refractivity contribution >= 4 is 86.1 Å². The van der Waals surface area contributed by atoms with Gasteiger partial charge in [-0.2, -0.15) is 0 Å². The highest BCUT2D eigenvalue weighted by molar-refractivity contribution is 7.40. The minimum atomic E-state index is -0.284. The van der Waals surface area contributed by atoms with Crippen molar-refractivity contribution in [2.24, 2.45) is 0 Å². The summed E-state index contributed by atoms with van der Waals surface area (Å²) in [6.45, 7) is 22.7. The Labute approximate surface area is 402 Å². The number of fused-ring (bicyclic) bond motifs is 7. The van der Waals surface area contributed by atoms with Gasteiger partial charge in [0, 0.05) is 78.6 Å². The second-order valence-electron chi connectivity index (χ2n) is 22.4. The number of hydrogen-bond acceptors (Lipinski definition) is 9. The Morgan fingerprint density at radius 2 is 0.806 bits per heavy atom. The Kier molecular flexibility index (Phi) is 8.74. The van der Waals surface area contributed by atoms with Crippen LogP contribution in [0.4, 0.5) is 11.4 Å². The summed E-state index contributed by atoms with van der Waals surface area (Å²) in [5.41, 5.74) is 13.8. The summed E-state index contributed by atoms with van der Waals surface area (Å²) in [6, 6.07) is 30.2. The third-order valence-electron chi connectivity index (χ3n) is 16.2. The quantitative estimate of drug-likeness (QED) is 0.164. The molecular weight excluding hydrogens is 885 g/mol. The molecule has 0 amide bonds. The molecule has 9 heteroatoms. The van der Waals surface area contributed by atoms with Gasteiger partial charge < -0.3 is 18.6 Å². The third-order valence-corrected chi connectivity index (χ3v) is 20.1. The summed E-state index contributed by atoms with van der Waals surface area (Å²) in [4.78, 5) is 35.1. The van der Waals surface area contributed by atoms with Crippen molar-refractivity contribution in [3.63, 3.8) is 0 Å². The van der Waals surface area contributed by atoms with E-state index in [1.807, 2.05) is 34.0 Å². The summed E-state index contributed by atoms with van der Waals surface area (Å²) in [6.07, 6.45) is 4.29. The molecule has 6 nitrogen and oxygen atoms in total. The maximum absolute atomic E-state index is 13.8. The smallest absolute Gasteiger partial charge is 0.344 e. The highest BCUT2D eigenvalue weighted by atomic mass is 32.1. The predicted octanol–water partition coefficient (Wildman–Crippen LogP) is 15.4. The molecule has 5 aromatic heterocycles. The van der Waals surface area contributed by atoms with Gasteiger partial charge in [0.05, 0.1) is 20.5 Å².